The van der Waals surface area contributed by atoms with Gasteiger partial charge in [-0.3, -0.25) is 9.59 Å². The van der Waals surface area contributed by atoms with E-state index in [-0.39, 0.29) is 19.6 Å². The van der Waals surface area contributed by atoms with Crippen LogP contribution in [0, 0.1) is 0 Å². The number of hydrogen-bond acceptors (Lipinski definition) is 5. The van der Waals surface area contributed by atoms with Crippen molar-refractivity contribution in [1.29, 1.82) is 0 Å². The van der Waals surface area contributed by atoms with Gasteiger partial charge in [0.05, 0.1) is 6.42 Å². The van der Waals surface area contributed by atoms with E-state index in [0.29, 0.717) is 12.0 Å². The van der Waals surface area contributed by atoms with Crippen molar-refractivity contribution < 1.29 is 34.1 Å². The van der Waals surface area contributed by atoms with E-state index in [9.17, 15) is 14.4 Å². The van der Waals surface area contributed by atoms with Crippen LogP contribution >= 0.6 is 0 Å². The predicted octanol–water partition coefficient (Wildman–Crippen LogP) is 2.91. The summed E-state index contributed by atoms with van der Waals surface area (Å²) in [4.78, 5) is 32.6. The molecular formula is C17H26O7. The van der Waals surface area contributed by atoms with E-state index < -0.39 is 17.9 Å². The van der Waals surface area contributed by atoms with Gasteiger partial charge in [0.15, 0.2) is 6.79 Å². The summed E-state index contributed by atoms with van der Waals surface area (Å²) < 4.78 is 9.30. The second-order valence-corrected chi connectivity index (χ2v) is 5.26. The molecule has 0 bridgehead atoms. The van der Waals surface area contributed by atoms with Crippen LogP contribution in [0.15, 0.2) is 23.8 Å². The first-order valence-corrected chi connectivity index (χ1v) is 7.92. The molecule has 0 fully saturated rings. The summed E-state index contributed by atoms with van der Waals surface area (Å²) in [5, 5.41) is 17.4. The first-order chi connectivity index (χ1) is 11.5. The number of rotatable bonds is 14. The molecule has 2 N–H and O–H groups in total. The summed E-state index contributed by atoms with van der Waals surface area (Å²) >= 11 is 0. The minimum atomic E-state index is -1.02. The van der Waals surface area contributed by atoms with Crippen molar-refractivity contribution >= 4 is 17.9 Å². The maximum absolute atomic E-state index is 11.4. The maximum Gasteiger partial charge on any atom is 0.333 e. The molecule has 0 unspecified atom stereocenters. The Bertz CT molecular complexity index is 452. The van der Waals surface area contributed by atoms with E-state index in [2.05, 4.69) is 4.74 Å². The van der Waals surface area contributed by atoms with Crippen molar-refractivity contribution in [3.63, 3.8) is 0 Å². The topological polar surface area (TPSA) is 110 Å². The number of methoxy groups -OCH3 is 1. The van der Waals surface area contributed by atoms with Gasteiger partial charge in [-0.25, -0.2) is 4.79 Å². The summed E-state index contributed by atoms with van der Waals surface area (Å²) in [6, 6.07) is 0. The van der Waals surface area contributed by atoms with E-state index in [1.54, 1.807) is 6.08 Å². The summed E-state index contributed by atoms with van der Waals surface area (Å²) in [7, 11) is 1.39. The summed E-state index contributed by atoms with van der Waals surface area (Å²) in [6.45, 7) is -0.179. The maximum atomic E-state index is 11.4. The lowest BCUT2D eigenvalue weighted by Crippen LogP contribution is -2.05. The molecule has 0 aromatic rings. The molecular weight excluding hydrogens is 316 g/mol. The molecule has 0 rings (SSSR count). The first kappa shape index (κ1) is 21.9. The van der Waals surface area contributed by atoms with E-state index in [0.717, 1.165) is 38.2 Å². The van der Waals surface area contributed by atoms with Crippen molar-refractivity contribution in [3.05, 3.63) is 23.8 Å². The van der Waals surface area contributed by atoms with Crippen molar-refractivity contribution in [3.8, 4) is 0 Å². The van der Waals surface area contributed by atoms with E-state index >= 15 is 0 Å². The third kappa shape index (κ3) is 14.8. The third-order valence-electron chi connectivity index (χ3n) is 3.07. The SMILES string of the molecule is COCOC(=O)/C=C(\C=C\CCCCCCCC(=O)O)CC(=O)O. The highest BCUT2D eigenvalue weighted by Crippen LogP contribution is 2.10. The smallest absolute Gasteiger partial charge is 0.333 e. The van der Waals surface area contributed by atoms with Crippen molar-refractivity contribution in [2.45, 2.75) is 51.4 Å². The van der Waals surface area contributed by atoms with Gasteiger partial charge in [0, 0.05) is 19.6 Å². The van der Waals surface area contributed by atoms with Crippen molar-refractivity contribution in [2.24, 2.45) is 0 Å². The quantitative estimate of drug-likeness (QED) is 0.164. The second-order valence-electron chi connectivity index (χ2n) is 5.26. The molecule has 24 heavy (non-hydrogen) atoms. The number of aliphatic carboxylic acids is 2. The van der Waals surface area contributed by atoms with Crippen LogP contribution in [0.5, 0.6) is 0 Å². The average molecular weight is 342 g/mol. The fourth-order valence-corrected chi connectivity index (χ4v) is 1.95. The zero-order valence-corrected chi connectivity index (χ0v) is 14.0. The molecule has 0 aliphatic rings. The number of ether oxygens (including phenoxy) is 2. The van der Waals surface area contributed by atoms with E-state index in [4.69, 9.17) is 14.9 Å². The van der Waals surface area contributed by atoms with Gasteiger partial charge in [0.25, 0.3) is 0 Å². The predicted molar refractivity (Wildman–Crippen MR) is 87.4 cm³/mol. The highest BCUT2D eigenvalue weighted by Gasteiger charge is 2.05. The van der Waals surface area contributed by atoms with Crippen LogP contribution in [-0.2, 0) is 23.9 Å². The van der Waals surface area contributed by atoms with Gasteiger partial charge in [-0.05, 0) is 24.8 Å². The van der Waals surface area contributed by atoms with Crippen LogP contribution in [0.4, 0.5) is 0 Å². The molecule has 0 aliphatic carbocycles. The highest BCUT2D eigenvalue weighted by molar-refractivity contribution is 5.85. The fraction of sp³-hybridized carbons (Fsp3) is 0.588. The molecule has 0 amide bonds. The number of carbonyl (C=O) groups is 3. The number of hydrogen-bond donors (Lipinski definition) is 2. The molecule has 0 heterocycles. The monoisotopic (exact) mass is 342 g/mol. The lowest BCUT2D eigenvalue weighted by molar-refractivity contribution is -0.148. The van der Waals surface area contributed by atoms with Gasteiger partial charge >= 0.3 is 17.9 Å². The Labute approximate surface area is 141 Å². The molecule has 0 aromatic heterocycles. The lowest BCUT2D eigenvalue weighted by Gasteiger charge is -2.02. The van der Waals surface area contributed by atoms with Crippen LogP contribution in [0.1, 0.15) is 51.4 Å². The molecule has 0 spiro atoms. The van der Waals surface area contributed by atoms with Gasteiger partial charge in [-0.15, -0.1) is 0 Å². The Morgan fingerprint density at radius 1 is 0.958 bits per heavy atom. The standard InChI is InChI=1S/C17H26O7/c1-23-13-24-17(22)12-14(11-16(20)21)9-7-5-3-2-4-6-8-10-15(18)19/h7,9,12H,2-6,8,10-11,13H2,1H3,(H,18,19)(H,20,21)/b9-7+,14-12+. The Balaban J connectivity index is 4.08. The fourth-order valence-electron chi connectivity index (χ4n) is 1.95. The lowest BCUT2D eigenvalue weighted by atomic mass is 10.1. The number of carboxylic acid groups (broad SMARTS) is 2. The number of unbranched alkanes of at least 4 members (excludes halogenated alkanes) is 5. The number of carboxylic acids is 2. The molecule has 0 atom stereocenters. The third-order valence-corrected chi connectivity index (χ3v) is 3.07. The van der Waals surface area contributed by atoms with Crippen molar-refractivity contribution in [1.82, 2.24) is 0 Å². The van der Waals surface area contributed by atoms with Gasteiger partial charge in [-0.1, -0.05) is 31.4 Å². The summed E-state index contributed by atoms with van der Waals surface area (Å²) in [5.74, 6) is -2.43. The molecule has 7 heteroatoms. The summed E-state index contributed by atoms with van der Waals surface area (Å²) in [5.41, 5.74) is 0.366. The molecule has 7 nitrogen and oxygen atoms in total. The number of esters is 1. The Hall–Kier alpha value is -2.15. The molecule has 0 aliphatic heterocycles. The number of carbonyl (C=O) groups excluding carboxylic acids is 1. The highest BCUT2D eigenvalue weighted by atomic mass is 16.7. The van der Waals surface area contributed by atoms with Crippen LogP contribution in [0.3, 0.4) is 0 Å². The molecule has 0 aromatic carbocycles. The van der Waals surface area contributed by atoms with Crippen LogP contribution < -0.4 is 0 Å². The van der Waals surface area contributed by atoms with Crippen LogP contribution in [0.2, 0.25) is 0 Å². The Kier molecular flexibility index (Phi) is 13.1. The van der Waals surface area contributed by atoms with Crippen LogP contribution in [0.25, 0.3) is 0 Å². The largest absolute Gasteiger partial charge is 0.481 e. The van der Waals surface area contributed by atoms with Crippen LogP contribution in [-0.4, -0.2) is 42.0 Å². The zero-order valence-electron chi connectivity index (χ0n) is 14.0. The Morgan fingerprint density at radius 3 is 2.25 bits per heavy atom. The molecule has 0 saturated carbocycles. The first-order valence-electron chi connectivity index (χ1n) is 7.92. The van der Waals surface area contributed by atoms with Gasteiger partial charge < -0.3 is 19.7 Å². The van der Waals surface area contributed by atoms with Crippen molar-refractivity contribution in [2.75, 3.05) is 13.9 Å². The second kappa shape index (κ2) is 14.4. The average Bonchev–Trinajstić information content (AvgIpc) is 2.50. The molecule has 0 radical (unpaired) electrons. The summed E-state index contributed by atoms with van der Waals surface area (Å²) in [6.07, 6.45) is 9.79. The number of allylic oxidation sites excluding steroid dienone is 2. The Morgan fingerprint density at radius 2 is 1.62 bits per heavy atom. The molecule has 0 saturated heterocycles. The van der Waals surface area contributed by atoms with E-state index in [1.807, 2.05) is 6.08 Å². The molecule has 136 valence electrons. The normalized spacial score (nSPS) is 11.6. The van der Waals surface area contributed by atoms with Gasteiger partial charge in [-0.2, -0.15) is 0 Å². The minimum absolute atomic E-state index is 0.179. The zero-order chi connectivity index (χ0) is 18.2. The van der Waals surface area contributed by atoms with E-state index in [1.165, 1.54) is 7.11 Å². The van der Waals surface area contributed by atoms with Gasteiger partial charge in [0.2, 0.25) is 0 Å². The van der Waals surface area contributed by atoms with Gasteiger partial charge in [0.1, 0.15) is 0 Å². The minimum Gasteiger partial charge on any atom is -0.481 e.